The highest BCUT2D eigenvalue weighted by atomic mass is 19.1. The number of halogens is 1. The van der Waals surface area contributed by atoms with E-state index >= 15 is 0 Å². The van der Waals surface area contributed by atoms with Crippen molar-refractivity contribution in [2.24, 2.45) is 7.05 Å². The van der Waals surface area contributed by atoms with E-state index in [4.69, 9.17) is 0 Å². The molecule has 2 aliphatic heterocycles. The summed E-state index contributed by atoms with van der Waals surface area (Å²) in [7, 11) is 1.82. The SMILES string of the molecule is Cn1ccc(N2Cc3nn(-c4ccc(N5CCC[C@@H](F)C5)nc4)cc3C2=O)n1. The Morgan fingerprint density at radius 1 is 1.18 bits per heavy atom. The third-order valence-electron chi connectivity index (χ3n) is 5.23. The van der Waals surface area contributed by atoms with Gasteiger partial charge >= 0.3 is 0 Å². The molecule has 0 radical (unpaired) electrons. The third kappa shape index (κ3) is 2.83. The molecule has 8 nitrogen and oxygen atoms in total. The molecule has 0 spiro atoms. The van der Waals surface area contributed by atoms with Gasteiger partial charge in [-0.3, -0.25) is 14.4 Å². The van der Waals surface area contributed by atoms with Crippen LogP contribution < -0.4 is 9.80 Å². The summed E-state index contributed by atoms with van der Waals surface area (Å²) >= 11 is 0. The summed E-state index contributed by atoms with van der Waals surface area (Å²) in [5.74, 6) is 1.28. The van der Waals surface area contributed by atoms with E-state index in [9.17, 15) is 9.18 Å². The van der Waals surface area contributed by atoms with Crippen molar-refractivity contribution in [3.8, 4) is 5.69 Å². The van der Waals surface area contributed by atoms with Gasteiger partial charge in [-0.1, -0.05) is 0 Å². The number of rotatable bonds is 3. The molecule has 0 aliphatic carbocycles. The summed E-state index contributed by atoms with van der Waals surface area (Å²) in [5, 5.41) is 8.85. The lowest BCUT2D eigenvalue weighted by molar-refractivity contribution is 0.0995. The number of pyridine rings is 1. The number of hydrogen-bond donors (Lipinski definition) is 0. The smallest absolute Gasteiger partial charge is 0.263 e. The number of aromatic nitrogens is 5. The van der Waals surface area contributed by atoms with E-state index in [1.54, 1.807) is 32.9 Å². The highest BCUT2D eigenvalue weighted by molar-refractivity contribution is 6.09. The van der Waals surface area contributed by atoms with Crippen molar-refractivity contribution < 1.29 is 9.18 Å². The second-order valence-electron chi connectivity index (χ2n) is 7.23. The van der Waals surface area contributed by atoms with Crippen LogP contribution in [0.15, 0.2) is 36.8 Å². The van der Waals surface area contributed by atoms with E-state index in [0.29, 0.717) is 30.9 Å². The number of nitrogens with zero attached hydrogens (tertiary/aromatic N) is 7. The Hall–Kier alpha value is -3.23. The second kappa shape index (κ2) is 6.43. The van der Waals surface area contributed by atoms with Crippen molar-refractivity contribution in [2.45, 2.75) is 25.6 Å². The molecule has 0 saturated carbocycles. The summed E-state index contributed by atoms with van der Waals surface area (Å²) in [4.78, 5) is 20.8. The number of carbonyl (C=O) groups excluding carboxylic acids is 1. The Balaban J connectivity index is 1.35. The van der Waals surface area contributed by atoms with Gasteiger partial charge in [0.25, 0.3) is 5.91 Å². The fourth-order valence-electron chi connectivity index (χ4n) is 3.77. The van der Waals surface area contributed by atoms with Gasteiger partial charge in [-0.15, -0.1) is 0 Å². The molecule has 1 atom stereocenters. The first kappa shape index (κ1) is 16.9. The van der Waals surface area contributed by atoms with Crippen molar-refractivity contribution in [2.75, 3.05) is 22.9 Å². The maximum atomic E-state index is 13.6. The standard InChI is InChI=1S/C19H20FN7O/c1-24-8-6-18(23-24)26-12-16-15(19(26)28)11-27(22-16)14-4-5-17(21-9-14)25-7-2-3-13(20)10-25/h4-6,8-9,11,13H,2-3,7,10,12H2,1H3/t13-/m1/s1. The van der Waals surface area contributed by atoms with Crippen molar-refractivity contribution >= 4 is 17.5 Å². The van der Waals surface area contributed by atoms with Crippen LogP contribution >= 0.6 is 0 Å². The first-order valence-corrected chi connectivity index (χ1v) is 9.34. The van der Waals surface area contributed by atoms with Crippen LogP contribution in [-0.2, 0) is 13.6 Å². The first-order chi connectivity index (χ1) is 13.6. The quantitative estimate of drug-likeness (QED) is 0.695. The predicted octanol–water partition coefficient (Wildman–Crippen LogP) is 2.10. The van der Waals surface area contributed by atoms with Gasteiger partial charge in [0.1, 0.15) is 12.0 Å². The fraction of sp³-hybridized carbons (Fsp3) is 0.368. The zero-order chi connectivity index (χ0) is 19.3. The van der Waals surface area contributed by atoms with E-state index in [-0.39, 0.29) is 5.91 Å². The predicted molar refractivity (Wildman–Crippen MR) is 101 cm³/mol. The molecule has 28 heavy (non-hydrogen) atoms. The Bertz CT molecular complexity index is 1030. The number of anilines is 2. The van der Waals surface area contributed by atoms with Gasteiger partial charge in [0.2, 0.25) is 0 Å². The molecule has 5 rings (SSSR count). The van der Waals surface area contributed by atoms with E-state index < -0.39 is 6.17 Å². The number of piperidine rings is 1. The van der Waals surface area contributed by atoms with Gasteiger partial charge in [-0.25, -0.2) is 14.1 Å². The van der Waals surface area contributed by atoms with Gasteiger partial charge in [0.15, 0.2) is 5.82 Å². The van der Waals surface area contributed by atoms with Crippen LogP contribution in [0.3, 0.4) is 0 Å². The largest absolute Gasteiger partial charge is 0.354 e. The Morgan fingerprint density at radius 2 is 2.07 bits per heavy atom. The molecule has 2 aliphatic rings. The Kier molecular flexibility index (Phi) is 3.88. The monoisotopic (exact) mass is 381 g/mol. The van der Waals surface area contributed by atoms with Crippen LogP contribution in [0, 0.1) is 0 Å². The number of alkyl halides is 1. The topological polar surface area (TPSA) is 72.1 Å². The van der Waals surface area contributed by atoms with Gasteiger partial charge < -0.3 is 4.90 Å². The summed E-state index contributed by atoms with van der Waals surface area (Å²) < 4.78 is 17.0. The number of hydrogen-bond acceptors (Lipinski definition) is 5. The van der Waals surface area contributed by atoms with Crippen molar-refractivity contribution in [3.05, 3.63) is 48.0 Å². The average Bonchev–Trinajstić information content (AvgIpc) is 3.38. The molecule has 0 unspecified atom stereocenters. The third-order valence-corrected chi connectivity index (χ3v) is 5.23. The van der Waals surface area contributed by atoms with Crippen LogP contribution in [0.4, 0.5) is 16.0 Å². The summed E-state index contributed by atoms with van der Waals surface area (Å²) in [5.41, 5.74) is 2.06. The molecular weight excluding hydrogens is 361 g/mol. The van der Waals surface area contributed by atoms with Gasteiger partial charge in [-0.05, 0) is 25.0 Å². The lowest BCUT2D eigenvalue weighted by Crippen LogP contribution is -2.36. The highest BCUT2D eigenvalue weighted by Gasteiger charge is 2.33. The van der Waals surface area contributed by atoms with Gasteiger partial charge in [0, 0.05) is 32.1 Å². The fourth-order valence-corrected chi connectivity index (χ4v) is 3.77. The molecule has 0 N–H and O–H groups in total. The van der Waals surface area contributed by atoms with Crippen molar-refractivity contribution in [3.63, 3.8) is 0 Å². The minimum Gasteiger partial charge on any atom is -0.354 e. The van der Waals surface area contributed by atoms with Crippen LogP contribution in [0.5, 0.6) is 0 Å². The van der Waals surface area contributed by atoms with Crippen LogP contribution in [0.25, 0.3) is 5.69 Å². The maximum Gasteiger partial charge on any atom is 0.263 e. The van der Waals surface area contributed by atoms with Gasteiger partial charge in [0.05, 0.1) is 36.2 Å². The lowest BCUT2D eigenvalue weighted by Gasteiger charge is -2.29. The average molecular weight is 381 g/mol. The zero-order valence-corrected chi connectivity index (χ0v) is 15.5. The minimum atomic E-state index is -0.794. The second-order valence-corrected chi connectivity index (χ2v) is 7.23. The summed E-state index contributed by atoms with van der Waals surface area (Å²) in [6.45, 7) is 1.61. The number of fused-ring (bicyclic) bond motifs is 1. The summed E-state index contributed by atoms with van der Waals surface area (Å²) in [6.07, 6.45) is 5.91. The highest BCUT2D eigenvalue weighted by Crippen LogP contribution is 2.27. The molecule has 144 valence electrons. The van der Waals surface area contributed by atoms with Crippen LogP contribution in [0.2, 0.25) is 0 Å². The molecule has 0 aromatic carbocycles. The number of carbonyl (C=O) groups is 1. The van der Waals surface area contributed by atoms with Crippen molar-refractivity contribution in [1.29, 1.82) is 0 Å². The molecule has 3 aromatic heterocycles. The molecule has 9 heteroatoms. The van der Waals surface area contributed by atoms with Crippen LogP contribution in [0.1, 0.15) is 28.9 Å². The Morgan fingerprint density at radius 3 is 2.75 bits per heavy atom. The van der Waals surface area contributed by atoms with E-state index in [1.807, 2.05) is 30.1 Å². The normalized spacial score (nSPS) is 19.4. The molecule has 1 amide bonds. The van der Waals surface area contributed by atoms with E-state index in [0.717, 1.165) is 30.2 Å². The molecular formula is C19H20FN7O. The van der Waals surface area contributed by atoms with Crippen molar-refractivity contribution in [1.82, 2.24) is 24.5 Å². The van der Waals surface area contributed by atoms with E-state index in [1.165, 1.54) is 0 Å². The lowest BCUT2D eigenvalue weighted by atomic mass is 10.1. The number of amides is 1. The molecule has 3 aromatic rings. The van der Waals surface area contributed by atoms with Gasteiger partial charge in [-0.2, -0.15) is 10.2 Å². The summed E-state index contributed by atoms with van der Waals surface area (Å²) in [6, 6.07) is 5.58. The Labute approximate surface area is 161 Å². The molecule has 5 heterocycles. The zero-order valence-electron chi connectivity index (χ0n) is 15.5. The molecule has 0 bridgehead atoms. The number of aryl methyl sites for hydroxylation is 1. The minimum absolute atomic E-state index is 0.105. The maximum absolute atomic E-state index is 13.6. The molecule has 1 fully saturated rings. The molecule has 1 saturated heterocycles. The van der Waals surface area contributed by atoms with E-state index in [2.05, 4.69) is 15.2 Å². The van der Waals surface area contributed by atoms with Crippen LogP contribution in [-0.4, -0.2) is 49.7 Å². The first-order valence-electron chi connectivity index (χ1n) is 9.34.